The van der Waals surface area contributed by atoms with Crippen LogP contribution in [0, 0.1) is 5.92 Å². The van der Waals surface area contributed by atoms with Gasteiger partial charge in [0.2, 0.25) is 0 Å². The number of aliphatic imine (C=N–C) groups is 1. The number of piperidine rings is 2. The molecule has 7 heteroatoms. The van der Waals surface area contributed by atoms with Crippen LogP contribution in [0.1, 0.15) is 51.4 Å². The first-order valence-electron chi connectivity index (χ1n) is 9.98. The van der Waals surface area contributed by atoms with Crippen molar-refractivity contribution in [3.8, 4) is 0 Å². The molecule has 142 valence electrons. The number of sulfone groups is 1. The highest BCUT2D eigenvalue weighted by Crippen LogP contribution is 2.32. The summed E-state index contributed by atoms with van der Waals surface area (Å²) in [5.41, 5.74) is 0. The van der Waals surface area contributed by atoms with E-state index in [9.17, 15) is 8.42 Å². The molecule has 3 unspecified atom stereocenters. The topological polar surface area (TPSA) is 73.8 Å². The first-order valence-corrected chi connectivity index (χ1v) is 11.8. The van der Waals surface area contributed by atoms with Crippen LogP contribution in [0.5, 0.6) is 0 Å². The van der Waals surface area contributed by atoms with E-state index in [1.165, 1.54) is 44.9 Å². The largest absolute Gasteiger partial charge is 0.354 e. The summed E-state index contributed by atoms with van der Waals surface area (Å²) in [4.78, 5) is 7.35. The Bertz CT molecular complexity index is 603. The number of rotatable bonds is 4. The van der Waals surface area contributed by atoms with Crippen molar-refractivity contribution in [3.63, 3.8) is 0 Å². The van der Waals surface area contributed by atoms with Gasteiger partial charge in [-0.25, -0.2) is 8.42 Å². The van der Waals surface area contributed by atoms with Crippen molar-refractivity contribution in [3.05, 3.63) is 0 Å². The van der Waals surface area contributed by atoms with Crippen LogP contribution >= 0.6 is 0 Å². The molecule has 3 heterocycles. The van der Waals surface area contributed by atoms with E-state index in [-0.39, 0.29) is 5.92 Å². The van der Waals surface area contributed by atoms with Crippen molar-refractivity contribution in [2.45, 2.75) is 75.5 Å². The molecule has 3 aliphatic heterocycles. The zero-order valence-electron chi connectivity index (χ0n) is 15.3. The Kier molecular flexibility index (Phi) is 4.97. The lowest BCUT2D eigenvalue weighted by Crippen LogP contribution is -2.56. The lowest BCUT2D eigenvalue weighted by molar-refractivity contribution is 0.0526. The van der Waals surface area contributed by atoms with Crippen molar-refractivity contribution in [1.82, 2.24) is 15.5 Å². The maximum absolute atomic E-state index is 11.6. The fourth-order valence-corrected chi connectivity index (χ4v) is 6.57. The highest BCUT2D eigenvalue weighted by molar-refractivity contribution is 7.91. The van der Waals surface area contributed by atoms with Crippen LogP contribution in [0.25, 0.3) is 0 Å². The molecule has 0 aromatic carbocycles. The van der Waals surface area contributed by atoms with Gasteiger partial charge in [-0.2, -0.15) is 0 Å². The first-order chi connectivity index (χ1) is 12.0. The predicted molar refractivity (Wildman–Crippen MR) is 101 cm³/mol. The van der Waals surface area contributed by atoms with E-state index >= 15 is 0 Å². The van der Waals surface area contributed by atoms with Crippen LogP contribution in [0.15, 0.2) is 4.99 Å². The Morgan fingerprint density at radius 2 is 1.72 bits per heavy atom. The molecular formula is C18H32N4O2S. The summed E-state index contributed by atoms with van der Waals surface area (Å²) in [6.45, 7) is 0.626. The Hall–Kier alpha value is -0.820. The van der Waals surface area contributed by atoms with Gasteiger partial charge in [-0.1, -0.05) is 6.42 Å². The molecule has 4 fully saturated rings. The van der Waals surface area contributed by atoms with Gasteiger partial charge >= 0.3 is 0 Å². The predicted octanol–water partition coefficient (Wildman–Crippen LogP) is 1.13. The van der Waals surface area contributed by atoms with E-state index in [0.29, 0.717) is 42.2 Å². The second-order valence-corrected chi connectivity index (χ2v) is 10.8. The standard InChI is InChI=1S/C18H32N4O2S/c1-22-16-3-2-4-17(22)10-15(9-16)21-18(20-14-5-6-14)19-11-13-7-8-25(23,24)12-13/h13-17H,2-12H2,1H3,(H2,19,20,21). The van der Waals surface area contributed by atoms with Gasteiger partial charge in [0, 0.05) is 30.7 Å². The highest BCUT2D eigenvalue weighted by atomic mass is 32.2. The summed E-state index contributed by atoms with van der Waals surface area (Å²) < 4.78 is 23.3. The molecule has 6 nitrogen and oxygen atoms in total. The van der Waals surface area contributed by atoms with Crippen LogP contribution in [-0.4, -0.2) is 68.5 Å². The van der Waals surface area contributed by atoms with Crippen LogP contribution < -0.4 is 10.6 Å². The Labute approximate surface area is 151 Å². The van der Waals surface area contributed by atoms with E-state index in [0.717, 1.165) is 12.4 Å². The fourth-order valence-electron chi connectivity index (χ4n) is 4.72. The molecule has 1 saturated carbocycles. The van der Waals surface area contributed by atoms with Gasteiger partial charge in [-0.15, -0.1) is 0 Å². The smallest absolute Gasteiger partial charge is 0.191 e. The van der Waals surface area contributed by atoms with E-state index in [2.05, 4.69) is 22.6 Å². The molecule has 0 spiro atoms. The summed E-state index contributed by atoms with van der Waals surface area (Å²) in [5, 5.41) is 7.22. The quantitative estimate of drug-likeness (QED) is 0.575. The van der Waals surface area contributed by atoms with Crippen molar-refractivity contribution in [2.75, 3.05) is 25.1 Å². The molecular weight excluding hydrogens is 336 g/mol. The van der Waals surface area contributed by atoms with Crippen LogP contribution in [0.2, 0.25) is 0 Å². The number of nitrogens with zero attached hydrogens (tertiary/aromatic N) is 2. The third-order valence-electron chi connectivity index (χ3n) is 6.43. The zero-order chi connectivity index (χ0) is 17.4. The molecule has 0 aromatic heterocycles. The maximum Gasteiger partial charge on any atom is 0.191 e. The molecule has 0 amide bonds. The molecule has 25 heavy (non-hydrogen) atoms. The molecule has 2 bridgehead atoms. The average Bonchev–Trinajstić information content (AvgIpc) is 3.28. The first kappa shape index (κ1) is 17.6. The van der Waals surface area contributed by atoms with Crippen LogP contribution in [0.3, 0.4) is 0 Å². The molecule has 0 aromatic rings. The monoisotopic (exact) mass is 368 g/mol. The lowest BCUT2D eigenvalue weighted by atomic mass is 9.82. The molecule has 2 N–H and O–H groups in total. The van der Waals surface area contributed by atoms with E-state index < -0.39 is 9.84 Å². The third-order valence-corrected chi connectivity index (χ3v) is 8.27. The fraction of sp³-hybridized carbons (Fsp3) is 0.944. The minimum absolute atomic E-state index is 0.194. The number of guanidine groups is 1. The number of hydrogen-bond acceptors (Lipinski definition) is 4. The minimum atomic E-state index is -2.81. The summed E-state index contributed by atoms with van der Waals surface area (Å²) in [7, 11) is -0.533. The van der Waals surface area contributed by atoms with Crippen LogP contribution in [0.4, 0.5) is 0 Å². The number of fused-ring (bicyclic) bond motifs is 2. The third kappa shape index (κ3) is 4.48. The van der Waals surface area contributed by atoms with E-state index in [1.807, 2.05) is 0 Å². The van der Waals surface area contributed by atoms with Crippen molar-refractivity contribution in [2.24, 2.45) is 10.9 Å². The summed E-state index contributed by atoms with van der Waals surface area (Å²) >= 11 is 0. The summed E-state index contributed by atoms with van der Waals surface area (Å²) in [6, 6.07) is 2.45. The van der Waals surface area contributed by atoms with Gasteiger partial charge in [0.05, 0.1) is 11.5 Å². The van der Waals surface area contributed by atoms with Crippen molar-refractivity contribution >= 4 is 15.8 Å². The van der Waals surface area contributed by atoms with E-state index in [4.69, 9.17) is 4.99 Å². The van der Waals surface area contributed by atoms with Gasteiger partial charge in [0.25, 0.3) is 0 Å². The second-order valence-electron chi connectivity index (χ2n) is 8.59. The zero-order valence-corrected chi connectivity index (χ0v) is 16.1. The average molecular weight is 369 g/mol. The number of hydrogen-bond donors (Lipinski definition) is 2. The highest BCUT2D eigenvalue weighted by Gasteiger charge is 2.36. The molecule has 4 aliphatic rings. The van der Waals surface area contributed by atoms with Gasteiger partial charge < -0.3 is 15.5 Å². The van der Waals surface area contributed by atoms with Crippen LogP contribution in [-0.2, 0) is 9.84 Å². The Balaban J connectivity index is 1.36. The Morgan fingerprint density at radius 1 is 1.04 bits per heavy atom. The molecule has 0 radical (unpaired) electrons. The minimum Gasteiger partial charge on any atom is -0.354 e. The van der Waals surface area contributed by atoms with Crippen molar-refractivity contribution < 1.29 is 8.42 Å². The van der Waals surface area contributed by atoms with Crippen molar-refractivity contribution in [1.29, 1.82) is 0 Å². The number of nitrogens with one attached hydrogen (secondary N) is 2. The van der Waals surface area contributed by atoms with Gasteiger partial charge in [0.15, 0.2) is 15.8 Å². The van der Waals surface area contributed by atoms with E-state index in [1.54, 1.807) is 0 Å². The Morgan fingerprint density at radius 3 is 2.32 bits per heavy atom. The summed E-state index contributed by atoms with van der Waals surface area (Å²) in [6.07, 6.45) is 9.58. The maximum atomic E-state index is 11.6. The normalized spacial score (nSPS) is 38.5. The lowest BCUT2D eigenvalue weighted by Gasteiger charge is -2.47. The molecule has 3 atom stereocenters. The van der Waals surface area contributed by atoms with Gasteiger partial charge in [-0.05, 0) is 57.9 Å². The summed E-state index contributed by atoms with van der Waals surface area (Å²) in [5.74, 6) is 1.76. The SMILES string of the molecule is CN1C2CCCC1CC(NC(=NCC1CCS(=O)(=O)C1)NC1CC1)C2. The molecule has 4 rings (SSSR count). The van der Waals surface area contributed by atoms with Gasteiger partial charge in [-0.3, -0.25) is 4.99 Å². The molecule has 1 aliphatic carbocycles. The van der Waals surface area contributed by atoms with Gasteiger partial charge in [0.1, 0.15) is 0 Å². The molecule has 3 saturated heterocycles. The second kappa shape index (κ2) is 7.06.